The fourth-order valence-corrected chi connectivity index (χ4v) is 2.94. The number of methoxy groups -OCH3 is 1. The zero-order chi connectivity index (χ0) is 15.2. The third kappa shape index (κ3) is 4.23. The van der Waals surface area contributed by atoms with Crippen LogP contribution in [0.2, 0.25) is 0 Å². The van der Waals surface area contributed by atoms with Crippen LogP contribution < -0.4 is 4.74 Å². The van der Waals surface area contributed by atoms with E-state index in [-0.39, 0.29) is 6.61 Å². The quantitative estimate of drug-likeness (QED) is 0.868. The molecule has 2 rings (SSSR count). The lowest BCUT2D eigenvalue weighted by Gasteiger charge is -2.37. The van der Waals surface area contributed by atoms with Crippen LogP contribution >= 0.6 is 0 Å². The number of ether oxygens (including phenoxy) is 1. The van der Waals surface area contributed by atoms with Crippen molar-refractivity contribution in [2.24, 2.45) is 5.92 Å². The van der Waals surface area contributed by atoms with Gasteiger partial charge in [0.1, 0.15) is 12.4 Å². The van der Waals surface area contributed by atoms with E-state index in [2.05, 4.69) is 36.7 Å². The van der Waals surface area contributed by atoms with Crippen LogP contribution in [0.4, 0.5) is 0 Å². The Hall–Kier alpha value is -1.50. The number of rotatable bonds is 3. The Morgan fingerprint density at radius 2 is 2.14 bits per heavy atom. The Bertz CT molecular complexity index is 530. The average Bonchev–Trinajstić information content (AvgIpc) is 2.49. The first-order valence-electron chi connectivity index (χ1n) is 7.64. The van der Waals surface area contributed by atoms with Gasteiger partial charge in [-0.3, -0.25) is 4.90 Å². The lowest BCUT2D eigenvalue weighted by atomic mass is 9.94. The number of benzene rings is 1. The molecule has 0 aromatic heterocycles. The van der Waals surface area contributed by atoms with Crippen molar-refractivity contribution in [1.29, 1.82) is 0 Å². The summed E-state index contributed by atoms with van der Waals surface area (Å²) in [4.78, 5) is 2.52. The Balaban J connectivity index is 2.20. The predicted molar refractivity (Wildman–Crippen MR) is 85.2 cm³/mol. The molecule has 1 aliphatic heterocycles. The lowest BCUT2D eigenvalue weighted by Crippen LogP contribution is -2.40. The third-order valence-electron chi connectivity index (χ3n) is 4.21. The first-order chi connectivity index (χ1) is 10.1. The van der Waals surface area contributed by atoms with Crippen LogP contribution in [0.1, 0.15) is 37.8 Å². The molecule has 1 N–H and O–H groups in total. The van der Waals surface area contributed by atoms with Crippen LogP contribution in [0.25, 0.3) is 0 Å². The van der Waals surface area contributed by atoms with E-state index in [1.54, 1.807) is 7.11 Å². The topological polar surface area (TPSA) is 32.7 Å². The molecule has 0 bridgehead atoms. The number of hydrogen-bond acceptors (Lipinski definition) is 3. The van der Waals surface area contributed by atoms with E-state index in [1.165, 1.54) is 18.4 Å². The van der Waals surface area contributed by atoms with Crippen molar-refractivity contribution in [3.05, 3.63) is 29.3 Å². The zero-order valence-corrected chi connectivity index (χ0v) is 13.2. The molecule has 21 heavy (non-hydrogen) atoms. The highest BCUT2D eigenvalue weighted by Crippen LogP contribution is 2.27. The van der Waals surface area contributed by atoms with Gasteiger partial charge in [0, 0.05) is 30.3 Å². The van der Waals surface area contributed by atoms with E-state index in [4.69, 9.17) is 9.84 Å². The molecule has 1 aromatic carbocycles. The van der Waals surface area contributed by atoms with E-state index < -0.39 is 0 Å². The summed E-state index contributed by atoms with van der Waals surface area (Å²) in [5.41, 5.74) is 2.10. The highest BCUT2D eigenvalue weighted by molar-refractivity contribution is 5.44. The largest absolute Gasteiger partial charge is 0.496 e. The summed E-state index contributed by atoms with van der Waals surface area (Å²) >= 11 is 0. The molecule has 1 aliphatic rings. The van der Waals surface area contributed by atoms with Gasteiger partial charge in [0.25, 0.3) is 0 Å². The molecule has 2 atom stereocenters. The van der Waals surface area contributed by atoms with Crippen molar-refractivity contribution in [2.45, 2.75) is 39.3 Å². The summed E-state index contributed by atoms with van der Waals surface area (Å²) < 4.78 is 5.48. The Kier molecular flexibility index (Phi) is 5.67. The Labute approximate surface area is 127 Å². The van der Waals surface area contributed by atoms with Gasteiger partial charge in [-0.1, -0.05) is 18.8 Å². The fourth-order valence-electron chi connectivity index (χ4n) is 2.94. The molecule has 0 aliphatic carbocycles. The molecule has 3 nitrogen and oxygen atoms in total. The minimum atomic E-state index is -0.109. The van der Waals surface area contributed by atoms with Gasteiger partial charge in [0.05, 0.1) is 7.11 Å². The second-order valence-corrected chi connectivity index (χ2v) is 5.95. The van der Waals surface area contributed by atoms with Crippen LogP contribution in [0, 0.1) is 17.8 Å². The summed E-state index contributed by atoms with van der Waals surface area (Å²) in [6.45, 7) is 6.54. The van der Waals surface area contributed by atoms with E-state index >= 15 is 0 Å². The van der Waals surface area contributed by atoms with Gasteiger partial charge in [0.15, 0.2) is 0 Å². The maximum absolute atomic E-state index is 8.82. The Morgan fingerprint density at radius 1 is 1.33 bits per heavy atom. The molecular formula is C18H25NO2. The van der Waals surface area contributed by atoms with Gasteiger partial charge in [-0.15, -0.1) is 0 Å². The van der Waals surface area contributed by atoms with E-state index in [9.17, 15) is 0 Å². The van der Waals surface area contributed by atoms with E-state index in [1.807, 2.05) is 12.1 Å². The first kappa shape index (κ1) is 15.9. The van der Waals surface area contributed by atoms with E-state index in [0.717, 1.165) is 30.3 Å². The fraction of sp³-hybridized carbons (Fsp3) is 0.556. The number of aliphatic hydroxyl groups excluding tert-OH is 1. The summed E-state index contributed by atoms with van der Waals surface area (Å²) in [7, 11) is 1.71. The second kappa shape index (κ2) is 7.49. The van der Waals surface area contributed by atoms with Crippen molar-refractivity contribution in [3.63, 3.8) is 0 Å². The molecule has 0 amide bonds. The monoisotopic (exact) mass is 287 g/mol. The van der Waals surface area contributed by atoms with Crippen molar-refractivity contribution < 1.29 is 9.84 Å². The summed E-state index contributed by atoms with van der Waals surface area (Å²) in [5, 5.41) is 8.82. The number of aliphatic hydroxyl groups is 1. The van der Waals surface area contributed by atoms with Crippen molar-refractivity contribution in [2.75, 3.05) is 20.3 Å². The lowest BCUT2D eigenvalue weighted by molar-refractivity contribution is 0.116. The maximum atomic E-state index is 8.82. The van der Waals surface area contributed by atoms with Gasteiger partial charge >= 0.3 is 0 Å². The average molecular weight is 287 g/mol. The molecule has 0 spiro atoms. The van der Waals surface area contributed by atoms with Crippen LogP contribution in [0.3, 0.4) is 0 Å². The molecule has 1 heterocycles. The summed E-state index contributed by atoms with van der Waals surface area (Å²) in [5.74, 6) is 7.34. The SMILES string of the molecule is COc1ccc(C#CCO)cc1CN1CC(C)CCC1C. The van der Waals surface area contributed by atoms with Gasteiger partial charge in [-0.2, -0.15) is 0 Å². The molecule has 2 unspecified atom stereocenters. The second-order valence-electron chi connectivity index (χ2n) is 5.95. The molecule has 114 valence electrons. The molecule has 0 saturated carbocycles. The normalized spacial score (nSPS) is 22.5. The molecule has 1 aromatic rings. The molecule has 0 radical (unpaired) electrons. The maximum Gasteiger partial charge on any atom is 0.123 e. The highest BCUT2D eigenvalue weighted by Gasteiger charge is 2.23. The van der Waals surface area contributed by atoms with E-state index in [0.29, 0.717) is 6.04 Å². The van der Waals surface area contributed by atoms with Gasteiger partial charge in [-0.25, -0.2) is 0 Å². The minimum absolute atomic E-state index is 0.109. The molecular weight excluding hydrogens is 262 g/mol. The Morgan fingerprint density at radius 3 is 2.86 bits per heavy atom. The predicted octanol–water partition coefficient (Wildman–Crippen LogP) is 2.66. The summed E-state index contributed by atoms with van der Waals surface area (Å²) in [6.07, 6.45) is 2.57. The minimum Gasteiger partial charge on any atom is -0.496 e. The number of likely N-dealkylation sites (tertiary alicyclic amines) is 1. The van der Waals surface area contributed by atoms with Crippen molar-refractivity contribution in [1.82, 2.24) is 4.90 Å². The first-order valence-corrected chi connectivity index (χ1v) is 7.64. The van der Waals surface area contributed by atoms with Crippen molar-refractivity contribution >= 4 is 0 Å². The molecule has 1 fully saturated rings. The van der Waals surface area contributed by atoms with Gasteiger partial charge in [0.2, 0.25) is 0 Å². The van der Waals surface area contributed by atoms with Crippen LogP contribution in [-0.2, 0) is 6.54 Å². The standard InChI is InChI=1S/C18H25NO2/c1-14-6-7-15(2)19(12-14)13-17-11-16(5-4-10-20)8-9-18(17)21-3/h8-9,11,14-15,20H,6-7,10,12-13H2,1-3H3. The van der Waals surface area contributed by atoms with Crippen LogP contribution in [-0.4, -0.2) is 36.3 Å². The van der Waals surface area contributed by atoms with Crippen LogP contribution in [0.5, 0.6) is 5.75 Å². The third-order valence-corrected chi connectivity index (χ3v) is 4.21. The number of hydrogen-bond donors (Lipinski definition) is 1. The number of piperidine rings is 1. The highest BCUT2D eigenvalue weighted by atomic mass is 16.5. The van der Waals surface area contributed by atoms with Crippen molar-refractivity contribution in [3.8, 4) is 17.6 Å². The van der Waals surface area contributed by atoms with Gasteiger partial charge in [-0.05, 0) is 43.9 Å². The number of nitrogens with zero attached hydrogens (tertiary/aromatic N) is 1. The van der Waals surface area contributed by atoms with Crippen LogP contribution in [0.15, 0.2) is 18.2 Å². The smallest absolute Gasteiger partial charge is 0.123 e. The summed E-state index contributed by atoms with van der Waals surface area (Å²) in [6, 6.07) is 6.59. The molecule has 1 saturated heterocycles. The van der Waals surface area contributed by atoms with Gasteiger partial charge < -0.3 is 9.84 Å². The zero-order valence-electron chi connectivity index (χ0n) is 13.2. The molecule has 3 heteroatoms.